The zero-order chi connectivity index (χ0) is 33.7. The van der Waals surface area contributed by atoms with E-state index < -0.39 is 25.5 Å². The summed E-state index contributed by atoms with van der Waals surface area (Å²) in [5.74, 6) is -0.234. The van der Waals surface area contributed by atoms with Crippen LogP contribution in [0.2, 0.25) is 0 Å². The normalized spacial score (nSPS) is 17.3. The first-order chi connectivity index (χ1) is 21.9. The first-order valence-corrected chi connectivity index (χ1v) is 17.3. The molecule has 250 valence electrons. The molecule has 0 amide bonds. The van der Waals surface area contributed by atoms with Crippen molar-refractivity contribution in [3.05, 3.63) is 120 Å². The summed E-state index contributed by atoms with van der Waals surface area (Å²) in [6.07, 6.45) is -2.44. The van der Waals surface area contributed by atoms with Crippen molar-refractivity contribution in [2.75, 3.05) is 12.8 Å². The minimum Gasteiger partial charge on any atom is -0.504 e. The first kappa shape index (κ1) is 40.1. The largest absolute Gasteiger partial charge is 0.504 e. The Morgan fingerprint density at radius 3 is 1.77 bits per heavy atom. The van der Waals surface area contributed by atoms with Crippen LogP contribution in [-0.2, 0) is 31.0 Å². The van der Waals surface area contributed by atoms with E-state index in [9.17, 15) is 19.6 Å². The number of benzene rings is 4. The fourth-order valence-corrected chi connectivity index (χ4v) is 7.61. The molecule has 0 aliphatic carbocycles. The third-order valence-electron chi connectivity index (χ3n) is 6.82. The van der Waals surface area contributed by atoms with Crippen molar-refractivity contribution in [3.8, 4) is 11.5 Å². The second-order valence-electron chi connectivity index (χ2n) is 11.5. The molecule has 1 aliphatic heterocycles. The van der Waals surface area contributed by atoms with Gasteiger partial charge in [0.15, 0.2) is 17.3 Å². The molecule has 0 bridgehead atoms. The summed E-state index contributed by atoms with van der Waals surface area (Å²) in [4.78, 5) is 12.9. The number of ether oxygens (including phenoxy) is 2. The molecule has 0 saturated carbocycles. The maximum atomic E-state index is 14.5. The molecule has 10 heteroatoms. The fraction of sp³-hybridized carbons (Fsp3) is 0.324. The predicted octanol–water partition coefficient (Wildman–Crippen LogP) is 5.31. The van der Waals surface area contributed by atoms with Gasteiger partial charge in [0, 0.05) is 68.2 Å². The van der Waals surface area contributed by atoms with Crippen LogP contribution in [-0.4, -0.2) is 69.5 Å². The van der Waals surface area contributed by atoms with Gasteiger partial charge in [-0.25, -0.2) is 0 Å². The van der Waals surface area contributed by atoms with Crippen molar-refractivity contribution in [1.29, 1.82) is 0 Å². The van der Waals surface area contributed by atoms with Crippen molar-refractivity contribution < 1.29 is 61.0 Å². The molecule has 1 fully saturated rings. The minimum absolute atomic E-state index is 0. The third-order valence-corrected chi connectivity index (χ3v) is 9.95. The van der Waals surface area contributed by atoms with Crippen LogP contribution in [0.3, 0.4) is 0 Å². The van der Waals surface area contributed by atoms with Gasteiger partial charge < -0.3 is 34.5 Å². The standard InChI is InChI=1S/C31H29O6P.2C3H8O.Ti/c32-26-17-16-23(30(33)22-10-4-1-5-11-22)20-28(26)37-27-18-19-36-29(31(27)34)21-38(35,24-12-6-2-7-13-24)25-14-8-3-9-15-25;2*1-3(2)4;/h1-17,20,27,29,31-32,34H,18-19,21H2;2*3-4H,1-2H3;/t27-,29-,31+;;;/m1.../s1. The molecule has 8 nitrogen and oxygen atoms in total. The molecule has 0 spiro atoms. The van der Waals surface area contributed by atoms with Crippen LogP contribution in [0.25, 0.3) is 0 Å². The Labute approximate surface area is 292 Å². The number of aliphatic hydroxyl groups excluding tert-OH is 3. The van der Waals surface area contributed by atoms with E-state index in [1.54, 1.807) is 52.0 Å². The first-order valence-electron chi connectivity index (χ1n) is 15.4. The molecule has 4 aromatic carbocycles. The molecular weight excluding hydrogens is 651 g/mol. The predicted molar refractivity (Wildman–Crippen MR) is 182 cm³/mol. The summed E-state index contributed by atoms with van der Waals surface area (Å²) >= 11 is 0. The Hall–Kier alpha value is -3.07. The van der Waals surface area contributed by atoms with Gasteiger partial charge in [0.25, 0.3) is 0 Å². The number of aromatic hydroxyl groups is 1. The number of rotatable bonds is 8. The van der Waals surface area contributed by atoms with Crippen LogP contribution in [0.1, 0.15) is 50.0 Å². The van der Waals surface area contributed by atoms with Crippen LogP contribution >= 0.6 is 7.14 Å². The van der Waals surface area contributed by atoms with E-state index in [1.807, 2.05) is 66.7 Å². The van der Waals surface area contributed by atoms with E-state index in [-0.39, 0.29) is 57.4 Å². The molecule has 47 heavy (non-hydrogen) atoms. The van der Waals surface area contributed by atoms with Gasteiger partial charge >= 0.3 is 0 Å². The Kier molecular flexibility index (Phi) is 16.8. The summed E-state index contributed by atoms with van der Waals surface area (Å²) in [5, 5.41) is 39.2. The SMILES string of the molecule is CC(C)O.CC(C)O.O=C(c1ccccc1)c1ccc(O)c(O[C@@H]2CCO[C@H](CP(=O)(c3ccccc3)c3ccccc3)[C@H]2O)c1.[Ti]. The molecule has 1 saturated heterocycles. The van der Waals surface area contributed by atoms with Gasteiger partial charge in [0.2, 0.25) is 0 Å². The van der Waals surface area contributed by atoms with Crippen LogP contribution in [0.15, 0.2) is 109 Å². The van der Waals surface area contributed by atoms with Crippen molar-refractivity contribution in [3.63, 3.8) is 0 Å². The summed E-state index contributed by atoms with van der Waals surface area (Å²) in [6.45, 7) is 7.18. The minimum atomic E-state index is -3.14. The topological polar surface area (TPSA) is 134 Å². The molecule has 0 unspecified atom stereocenters. The Bertz CT molecular complexity index is 1480. The van der Waals surface area contributed by atoms with Crippen molar-refractivity contribution in [2.45, 2.75) is 64.6 Å². The quantitative estimate of drug-likeness (QED) is 0.111. The number of ketones is 1. The summed E-state index contributed by atoms with van der Waals surface area (Å²) in [7, 11) is -3.14. The molecule has 1 heterocycles. The second-order valence-corrected chi connectivity index (χ2v) is 14.4. The molecule has 3 atom stereocenters. The van der Waals surface area contributed by atoms with Crippen molar-refractivity contribution >= 4 is 23.5 Å². The average Bonchev–Trinajstić information content (AvgIpc) is 3.04. The van der Waals surface area contributed by atoms with Gasteiger partial charge in [-0.2, -0.15) is 0 Å². The van der Waals surface area contributed by atoms with Crippen molar-refractivity contribution in [2.24, 2.45) is 0 Å². The Morgan fingerprint density at radius 1 is 0.809 bits per heavy atom. The number of carbonyl (C=O) groups is 1. The maximum Gasteiger partial charge on any atom is 0.193 e. The van der Waals surface area contributed by atoms with Gasteiger partial charge in [-0.1, -0.05) is 91.0 Å². The average molecular weight is 697 g/mol. The van der Waals surface area contributed by atoms with Crippen LogP contribution in [0.4, 0.5) is 0 Å². The number of carbonyl (C=O) groups excluding carboxylic acids is 1. The van der Waals surface area contributed by atoms with E-state index in [1.165, 1.54) is 18.2 Å². The summed E-state index contributed by atoms with van der Waals surface area (Å²) in [6, 6.07) is 31.8. The number of hydrogen-bond acceptors (Lipinski definition) is 8. The number of phenols is 1. The van der Waals surface area contributed by atoms with E-state index in [2.05, 4.69) is 0 Å². The monoisotopic (exact) mass is 696 g/mol. The maximum absolute atomic E-state index is 14.5. The van der Waals surface area contributed by atoms with Crippen LogP contribution in [0.5, 0.6) is 11.5 Å². The van der Waals surface area contributed by atoms with Gasteiger partial charge in [-0.3, -0.25) is 4.79 Å². The number of hydrogen-bond donors (Lipinski definition) is 4. The fourth-order valence-electron chi connectivity index (χ4n) is 4.75. The molecule has 4 aromatic rings. The zero-order valence-electron chi connectivity index (χ0n) is 27.3. The number of phenolic OH excluding ortho intramolecular Hbond substituents is 1. The van der Waals surface area contributed by atoms with Gasteiger partial charge in [-0.15, -0.1) is 0 Å². The smallest absolute Gasteiger partial charge is 0.193 e. The second kappa shape index (κ2) is 19.7. The van der Waals surface area contributed by atoms with E-state index in [0.29, 0.717) is 34.8 Å². The van der Waals surface area contributed by atoms with E-state index in [4.69, 9.17) is 19.7 Å². The van der Waals surface area contributed by atoms with Crippen LogP contribution in [0, 0.1) is 0 Å². The molecule has 1 aliphatic rings. The van der Waals surface area contributed by atoms with Crippen LogP contribution < -0.4 is 15.3 Å². The Balaban J connectivity index is 0.000000769. The van der Waals surface area contributed by atoms with Gasteiger partial charge in [-0.05, 0) is 45.9 Å². The van der Waals surface area contributed by atoms with E-state index in [0.717, 1.165) is 0 Å². The number of aliphatic hydroxyl groups is 3. The van der Waals surface area contributed by atoms with Gasteiger partial charge in [0.05, 0.1) is 12.7 Å². The molecule has 0 aromatic heterocycles. The molecule has 5 rings (SSSR count). The van der Waals surface area contributed by atoms with Crippen molar-refractivity contribution in [1.82, 2.24) is 0 Å². The summed E-state index contributed by atoms with van der Waals surface area (Å²) in [5.41, 5.74) is 0.882. The molecule has 4 N–H and O–H groups in total. The van der Waals surface area contributed by atoms with Gasteiger partial charge in [0.1, 0.15) is 19.3 Å². The summed E-state index contributed by atoms with van der Waals surface area (Å²) < 4.78 is 26.5. The zero-order valence-corrected chi connectivity index (χ0v) is 29.7. The Morgan fingerprint density at radius 2 is 1.28 bits per heavy atom. The third kappa shape index (κ3) is 12.2. The molecule has 0 radical (unpaired) electrons. The van der Waals surface area contributed by atoms with E-state index >= 15 is 0 Å². The molecular formula is C37H45O8PTi.